The summed E-state index contributed by atoms with van der Waals surface area (Å²) in [5.74, 6) is 1.79. The van der Waals surface area contributed by atoms with E-state index in [1.807, 2.05) is 0 Å². The standard InChI is InChI=1S/C20H39NO/c1-5-7-8-10-17(3)12-13-18(4)21-16-20(22-21)14-9-11-19(6-2)15-20/h17-19H,5-16H2,1-4H3. The molecule has 0 N–H and O–H groups in total. The summed E-state index contributed by atoms with van der Waals surface area (Å²) in [6.07, 6.45) is 14.9. The number of hydrogen-bond acceptors (Lipinski definition) is 2. The van der Waals surface area contributed by atoms with Gasteiger partial charge in [-0.3, -0.25) is 4.84 Å². The molecule has 1 saturated carbocycles. The van der Waals surface area contributed by atoms with Crippen LogP contribution in [0.5, 0.6) is 0 Å². The van der Waals surface area contributed by atoms with E-state index in [9.17, 15) is 0 Å². The Labute approximate surface area is 138 Å². The Morgan fingerprint density at radius 1 is 1.14 bits per heavy atom. The molecule has 130 valence electrons. The SMILES string of the molecule is CCCCCC(C)CCC(C)N1CC2(CCCC(CC)C2)O1. The maximum Gasteiger partial charge on any atom is 0.105 e. The van der Waals surface area contributed by atoms with Crippen molar-refractivity contribution in [3.63, 3.8) is 0 Å². The van der Waals surface area contributed by atoms with Gasteiger partial charge in [0.1, 0.15) is 5.60 Å². The molecular weight excluding hydrogens is 270 g/mol. The van der Waals surface area contributed by atoms with Gasteiger partial charge in [0.25, 0.3) is 0 Å². The molecule has 2 heteroatoms. The normalized spacial score (nSPS) is 31.9. The minimum atomic E-state index is 0.236. The van der Waals surface area contributed by atoms with Crippen molar-refractivity contribution in [2.24, 2.45) is 11.8 Å². The van der Waals surface area contributed by atoms with E-state index in [1.54, 1.807) is 0 Å². The molecule has 4 atom stereocenters. The zero-order valence-electron chi connectivity index (χ0n) is 15.6. The first-order valence-electron chi connectivity index (χ1n) is 10.0. The van der Waals surface area contributed by atoms with Crippen molar-refractivity contribution < 1.29 is 4.84 Å². The van der Waals surface area contributed by atoms with Crippen LogP contribution in [0.1, 0.15) is 98.3 Å². The van der Waals surface area contributed by atoms with Gasteiger partial charge in [-0.1, -0.05) is 65.7 Å². The first kappa shape index (κ1) is 18.3. The molecule has 1 saturated heterocycles. The molecule has 0 radical (unpaired) electrons. The first-order valence-corrected chi connectivity index (χ1v) is 10.0. The number of unbranched alkanes of at least 4 members (excludes halogenated alkanes) is 2. The van der Waals surface area contributed by atoms with Crippen LogP contribution in [0.2, 0.25) is 0 Å². The lowest BCUT2D eigenvalue weighted by atomic mass is 9.75. The summed E-state index contributed by atoms with van der Waals surface area (Å²) in [5, 5.41) is 2.29. The van der Waals surface area contributed by atoms with Crippen LogP contribution in [0, 0.1) is 11.8 Å². The maximum atomic E-state index is 6.33. The highest BCUT2D eigenvalue weighted by atomic mass is 16.7. The maximum absolute atomic E-state index is 6.33. The summed E-state index contributed by atoms with van der Waals surface area (Å²) < 4.78 is 0. The second-order valence-electron chi connectivity index (χ2n) is 8.25. The molecule has 1 spiro atoms. The summed E-state index contributed by atoms with van der Waals surface area (Å²) in [5.41, 5.74) is 0.236. The van der Waals surface area contributed by atoms with Crippen LogP contribution < -0.4 is 0 Å². The predicted octanol–water partition coefficient (Wildman–Crippen LogP) is 5.96. The Balaban J connectivity index is 1.63. The molecule has 0 aromatic carbocycles. The van der Waals surface area contributed by atoms with E-state index in [0.29, 0.717) is 6.04 Å². The van der Waals surface area contributed by atoms with Crippen molar-refractivity contribution in [3.05, 3.63) is 0 Å². The zero-order chi connectivity index (χ0) is 16.0. The molecule has 1 aliphatic carbocycles. The van der Waals surface area contributed by atoms with E-state index >= 15 is 0 Å². The second kappa shape index (κ2) is 8.68. The van der Waals surface area contributed by atoms with Crippen LogP contribution in [0.25, 0.3) is 0 Å². The lowest BCUT2D eigenvalue weighted by molar-refractivity contribution is -0.379. The van der Waals surface area contributed by atoms with Gasteiger partial charge in [0.2, 0.25) is 0 Å². The van der Waals surface area contributed by atoms with Crippen LogP contribution in [0.3, 0.4) is 0 Å². The monoisotopic (exact) mass is 309 g/mol. The molecule has 22 heavy (non-hydrogen) atoms. The van der Waals surface area contributed by atoms with Gasteiger partial charge in [-0.25, -0.2) is 0 Å². The van der Waals surface area contributed by atoms with Crippen LogP contribution in [-0.4, -0.2) is 23.3 Å². The van der Waals surface area contributed by atoms with Crippen LogP contribution >= 0.6 is 0 Å². The van der Waals surface area contributed by atoms with E-state index < -0.39 is 0 Å². The first-order chi connectivity index (χ1) is 10.6. The summed E-state index contributed by atoms with van der Waals surface area (Å²) in [4.78, 5) is 6.33. The number of hydrogen-bond donors (Lipinski definition) is 0. The Hall–Kier alpha value is -0.0800. The van der Waals surface area contributed by atoms with Crippen molar-refractivity contribution >= 4 is 0 Å². The summed E-state index contributed by atoms with van der Waals surface area (Å²) >= 11 is 0. The lowest BCUT2D eigenvalue weighted by Crippen LogP contribution is -2.63. The highest BCUT2D eigenvalue weighted by Crippen LogP contribution is 2.44. The lowest BCUT2D eigenvalue weighted by Gasteiger charge is -2.54. The fourth-order valence-electron chi connectivity index (χ4n) is 4.35. The summed E-state index contributed by atoms with van der Waals surface area (Å²) in [7, 11) is 0. The molecule has 1 aliphatic heterocycles. The molecule has 0 amide bonds. The van der Waals surface area contributed by atoms with Crippen LogP contribution in [0.15, 0.2) is 0 Å². The van der Waals surface area contributed by atoms with Gasteiger partial charge in [-0.2, -0.15) is 5.06 Å². The molecule has 1 heterocycles. The Morgan fingerprint density at radius 2 is 1.91 bits per heavy atom. The van der Waals surface area contributed by atoms with Crippen molar-refractivity contribution in [2.75, 3.05) is 6.54 Å². The predicted molar refractivity (Wildman–Crippen MR) is 94.8 cm³/mol. The van der Waals surface area contributed by atoms with Crippen molar-refractivity contribution in [1.82, 2.24) is 5.06 Å². The van der Waals surface area contributed by atoms with Gasteiger partial charge in [0, 0.05) is 6.04 Å². The molecule has 0 aromatic rings. The number of hydroxylamine groups is 2. The van der Waals surface area contributed by atoms with Crippen molar-refractivity contribution in [3.8, 4) is 0 Å². The van der Waals surface area contributed by atoms with Gasteiger partial charge >= 0.3 is 0 Å². The summed E-state index contributed by atoms with van der Waals surface area (Å²) in [6.45, 7) is 10.6. The van der Waals surface area contributed by atoms with E-state index in [-0.39, 0.29) is 5.60 Å². The van der Waals surface area contributed by atoms with Crippen LogP contribution in [-0.2, 0) is 4.84 Å². The Morgan fingerprint density at radius 3 is 2.59 bits per heavy atom. The fourth-order valence-corrected chi connectivity index (χ4v) is 4.35. The zero-order valence-corrected chi connectivity index (χ0v) is 15.6. The molecule has 2 fully saturated rings. The largest absolute Gasteiger partial charge is 0.291 e. The summed E-state index contributed by atoms with van der Waals surface area (Å²) in [6, 6.07) is 0.598. The Bertz CT molecular complexity index is 311. The van der Waals surface area contributed by atoms with Gasteiger partial charge in [0.15, 0.2) is 0 Å². The molecule has 0 bridgehead atoms. The van der Waals surface area contributed by atoms with E-state index in [2.05, 4.69) is 32.8 Å². The molecular formula is C20H39NO. The third-order valence-electron chi connectivity index (χ3n) is 6.11. The van der Waals surface area contributed by atoms with Gasteiger partial charge in [0.05, 0.1) is 6.54 Å². The van der Waals surface area contributed by atoms with Gasteiger partial charge in [-0.05, 0) is 44.4 Å². The number of rotatable bonds is 9. The molecule has 0 aromatic heterocycles. The molecule has 2 rings (SSSR count). The quantitative estimate of drug-likeness (QED) is 0.487. The molecule has 2 aliphatic rings. The van der Waals surface area contributed by atoms with E-state index in [4.69, 9.17) is 4.84 Å². The van der Waals surface area contributed by atoms with E-state index in [0.717, 1.165) is 11.8 Å². The van der Waals surface area contributed by atoms with Gasteiger partial charge < -0.3 is 0 Å². The second-order valence-corrected chi connectivity index (χ2v) is 8.25. The Kier molecular flexibility index (Phi) is 7.21. The molecule has 2 nitrogen and oxygen atoms in total. The van der Waals surface area contributed by atoms with Crippen LogP contribution in [0.4, 0.5) is 0 Å². The third kappa shape index (κ3) is 4.96. The highest BCUT2D eigenvalue weighted by Gasteiger charge is 2.48. The van der Waals surface area contributed by atoms with E-state index in [1.165, 1.54) is 77.2 Å². The topological polar surface area (TPSA) is 12.5 Å². The minimum Gasteiger partial charge on any atom is -0.291 e. The number of nitrogens with zero attached hydrogens (tertiary/aromatic N) is 1. The molecule has 4 unspecified atom stereocenters. The van der Waals surface area contributed by atoms with Crippen molar-refractivity contribution in [1.29, 1.82) is 0 Å². The smallest absolute Gasteiger partial charge is 0.105 e. The minimum absolute atomic E-state index is 0.236. The average Bonchev–Trinajstić information content (AvgIpc) is 2.50. The third-order valence-corrected chi connectivity index (χ3v) is 6.11. The fraction of sp³-hybridized carbons (Fsp3) is 1.00. The average molecular weight is 310 g/mol. The van der Waals surface area contributed by atoms with Crippen molar-refractivity contribution in [2.45, 2.75) is 110 Å². The van der Waals surface area contributed by atoms with Gasteiger partial charge in [-0.15, -0.1) is 0 Å². The highest BCUT2D eigenvalue weighted by molar-refractivity contribution is 4.95.